The van der Waals surface area contributed by atoms with Gasteiger partial charge in [-0.05, 0) is 30.7 Å². The van der Waals surface area contributed by atoms with Crippen LogP contribution in [0.3, 0.4) is 0 Å². The molecule has 2 rings (SSSR count). The molecule has 1 aromatic carbocycles. The second kappa shape index (κ2) is 11.4. The van der Waals surface area contributed by atoms with Crippen LogP contribution in [0.4, 0.5) is 0 Å². The molecule has 1 N–H and O–H groups in total. The number of thioether (sulfide) groups is 1. The minimum absolute atomic E-state index is 0. The molecule has 1 atom stereocenters. The van der Waals surface area contributed by atoms with Crippen LogP contribution >= 0.6 is 47.3 Å². The number of hydrogen-bond acceptors (Lipinski definition) is 3. The zero-order valence-corrected chi connectivity index (χ0v) is 17.5. The van der Waals surface area contributed by atoms with Crippen molar-refractivity contribution in [1.82, 2.24) is 10.2 Å². The minimum atomic E-state index is 0. The number of hydrogen-bond donors (Lipinski definition) is 1. The van der Waals surface area contributed by atoms with Crippen molar-refractivity contribution in [2.24, 2.45) is 10.9 Å². The number of halogens is 2. The third kappa shape index (κ3) is 7.49. The van der Waals surface area contributed by atoms with Crippen LogP contribution in [0.1, 0.15) is 6.42 Å². The maximum Gasteiger partial charge on any atom is 0.193 e. The Kier molecular flexibility index (Phi) is 10.3. The van der Waals surface area contributed by atoms with E-state index in [4.69, 9.17) is 16.3 Å². The van der Waals surface area contributed by atoms with E-state index >= 15 is 0 Å². The fourth-order valence-electron chi connectivity index (χ4n) is 2.45. The molecule has 0 spiro atoms. The minimum Gasteiger partial charge on any atom is -0.381 e. The summed E-state index contributed by atoms with van der Waals surface area (Å²) in [6.45, 7) is 3.63. The normalized spacial score (nSPS) is 17.7. The number of nitrogens with zero attached hydrogens (tertiary/aromatic N) is 2. The molecule has 1 aliphatic rings. The molecule has 0 aromatic heterocycles. The van der Waals surface area contributed by atoms with E-state index in [1.807, 2.05) is 43.1 Å². The Morgan fingerprint density at radius 2 is 2.17 bits per heavy atom. The van der Waals surface area contributed by atoms with Crippen LogP contribution in [0.2, 0.25) is 5.02 Å². The Hall–Kier alpha value is -0.180. The molecule has 1 saturated heterocycles. The van der Waals surface area contributed by atoms with E-state index in [-0.39, 0.29) is 24.0 Å². The Labute approximate surface area is 165 Å². The predicted octanol–water partition coefficient (Wildman–Crippen LogP) is 3.59. The topological polar surface area (TPSA) is 36.9 Å². The Bertz CT molecular complexity index is 481. The van der Waals surface area contributed by atoms with Crippen LogP contribution in [0.25, 0.3) is 0 Å². The first-order valence-electron chi connectivity index (χ1n) is 7.57. The lowest BCUT2D eigenvalue weighted by molar-refractivity contribution is 0.181. The number of ether oxygens (including phenoxy) is 1. The van der Waals surface area contributed by atoms with E-state index in [0.717, 1.165) is 49.5 Å². The van der Waals surface area contributed by atoms with Gasteiger partial charge in [0.25, 0.3) is 0 Å². The van der Waals surface area contributed by atoms with Crippen LogP contribution in [-0.4, -0.2) is 57.0 Å². The van der Waals surface area contributed by atoms with Crippen molar-refractivity contribution in [1.29, 1.82) is 0 Å². The highest BCUT2D eigenvalue weighted by Gasteiger charge is 2.18. The SMILES string of the molecule is CN=C(NCCSc1ccc(Cl)cc1)N(C)CC1CCOC1.I. The molecule has 23 heavy (non-hydrogen) atoms. The highest BCUT2D eigenvalue weighted by molar-refractivity contribution is 14.0. The van der Waals surface area contributed by atoms with Gasteiger partial charge in [-0.25, -0.2) is 0 Å². The van der Waals surface area contributed by atoms with Gasteiger partial charge in [0.2, 0.25) is 0 Å². The van der Waals surface area contributed by atoms with Crippen LogP contribution in [0.15, 0.2) is 34.2 Å². The molecular weight excluding hydrogens is 445 g/mol. The lowest BCUT2D eigenvalue weighted by Crippen LogP contribution is -2.42. The lowest BCUT2D eigenvalue weighted by Gasteiger charge is -2.24. The van der Waals surface area contributed by atoms with Crippen molar-refractivity contribution >= 4 is 53.3 Å². The summed E-state index contributed by atoms with van der Waals surface area (Å²) in [5.74, 6) is 2.55. The maximum atomic E-state index is 5.89. The summed E-state index contributed by atoms with van der Waals surface area (Å²) >= 11 is 7.70. The standard InChI is InChI=1S/C16H24ClN3OS.HI/c1-18-16(20(2)11-13-7-9-21-12-13)19-8-10-22-15-5-3-14(17)4-6-15;/h3-6,13H,7-12H2,1-2H3,(H,18,19);1H. The summed E-state index contributed by atoms with van der Waals surface area (Å²) in [6.07, 6.45) is 1.15. The molecule has 0 radical (unpaired) electrons. The largest absolute Gasteiger partial charge is 0.381 e. The van der Waals surface area contributed by atoms with E-state index in [9.17, 15) is 0 Å². The zero-order valence-electron chi connectivity index (χ0n) is 13.6. The molecule has 1 aromatic rings. The average molecular weight is 470 g/mol. The average Bonchev–Trinajstić information content (AvgIpc) is 3.02. The van der Waals surface area contributed by atoms with Gasteiger partial charge in [0.1, 0.15) is 0 Å². The van der Waals surface area contributed by atoms with Crippen LogP contribution in [0.5, 0.6) is 0 Å². The van der Waals surface area contributed by atoms with Crippen molar-refractivity contribution in [3.05, 3.63) is 29.3 Å². The first-order valence-corrected chi connectivity index (χ1v) is 8.93. The number of nitrogens with one attached hydrogen (secondary N) is 1. The molecule has 7 heteroatoms. The Morgan fingerprint density at radius 3 is 2.78 bits per heavy atom. The van der Waals surface area contributed by atoms with E-state index in [1.165, 1.54) is 4.90 Å². The molecule has 1 unspecified atom stereocenters. The van der Waals surface area contributed by atoms with Crippen LogP contribution < -0.4 is 5.32 Å². The first kappa shape index (κ1) is 20.9. The summed E-state index contributed by atoms with van der Waals surface area (Å²) in [5.41, 5.74) is 0. The van der Waals surface area contributed by atoms with Crippen molar-refractivity contribution < 1.29 is 4.74 Å². The van der Waals surface area contributed by atoms with Crippen LogP contribution in [-0.2, 0) is 4.74 Å². The second-order valence-corrected chi connectivity index (χ2v) is 6.99. The van der Waals surface area contributed by atoms with Gasteiger partial charge in [0.15, 0.2) is 5.96 Å². The smallest absolute Gasteiger partial charge is 0.193 e. The third-order valence-corrected chi connectivity index (χ3v) is 4.86. The quantitative estimate of drug-likeness (QED) is 0.227. The summed E-state index contributed by atoms with van der Waals surface area (Å²) < 4.78 is 5.43. The van der Waals surface area contributed by atoms with Gasteiger partial charge in [0, 0.05) is 55.4 Å². The molecule has 0 bridgehead atoms. The molecule has 0 aliphatic carbocycles. The van der Waals surface area contributed by atoms with Gasteiger partial charge in [-0.2, -0.15) is 0 Å². The number of benzene rings is 1. The van der Waals surface area contributed by atoms with Gasteiger partial charge >= 0.3 is 0 Å². The highest BCUT2D eigenvalue weighted by atomic mass is 127. The molecule has 130 valence electrons. The van der Waals surface area contributed by atoms with Crippen molar-refractivity contribution in [2.75, 3.05) is 46.2 Å². The maximum absolute atomic E-state index is 5.89. The fourth-order valence-corrected chi connectivity index (χ4v) is 3.34. The number of aliphatic imine (C=N–C) groups is 1. The van der Waals surface area contributed by atoms with Gasteiger partial charge in [-0.15, -0.1) is 35.7 Å². The molecule has 1 fully saturated rings. The lowest BCUT2D eigenvalue weighted by atomic mass is 10.1. The van der Waals surface area contributed by atoms with Crippen molar-refractivity contribution in [3.8, 4) is 0 Å². The monoisotopic (exact) mass is 469 g/mol. The summed E-state index contributed by atoms with van der Waals surface area (Å²) in [4.78, 5) is 7.77. The van der Waals surface area contributed by atoms with E-state index in [2.05, 4.69) is 22.3 Å². The second-order valence-electron chi connectivity index (χ2n) is 5.39. The summed E-state index contributed by atoms with van der Waals surface area (Å²) in [6, 6.07) is 7.95. The van der Waals surface area contributed by atoms with Crippen molar-refractivity contribution in [2.45, 2.75) is 11.3 Å². The van der Waals surface area contributed by atoms with Gasteiger partial charge in [-0.1, -0.05) is 11.6 Å². The Balaban J connectivity index is 0.00000264. The van der Waals surface area contributed by atoms with Crippen molar-refractivity contribution in [3.63, 3.8) is 0 Å². The molecule has 1 aliphatic heterocycles. The predicted molar refractivity (Wildman–Crippen MR) is 111 cm³/mol. The molecule has 0 amide bonds. The molecule has 1 heterocycles. The van der Waals surface area contributed by atoms with Gasteiger partial charge < -0.3 is 15.0 Å². The fraction of sp³-hybridized carbons (Fsp3) is 0.562. The molecular formula is C16H25ClIN3OS. The highest BCUT2D eigenvalue weighted by Crippen LogP contribution is 2.19. The van der Waals surface area contributed by atoms with Gasteiger partial charge in [0.05, 0.1) is 6.61 Å². The summed E-state index contributed by atoms with van der Waals surface area (Å²) in [7, 11) is 3.91. The zero-order chi connectivity index (χ0) is 15.8. The number of rotatable bonds is 6. The summed E-state index contributed by atoms with van der Waals surface area (Å²) in [5, 5.41) is 4.19. The van der Waals surface area contributed by atoms with E-state index in [0.29, 0.717) is 5.92 Å². The van der Waals surface area contributed by atoms with Crippen LogP contribution in [0, 0.1) is 5.92 Å². The number of guanidine groups is 1. The van der Waals surface area contributed by atoms with Gasteiger partial charge in [-0.3, -0.25) is 4.99 Å². The molecule has 0 saturated carbocycles. The van der Waals surface area contributed by atoms with E-state index in [1.54, 1.807) is 0 Å². The Morgan fingerprint density at radius 1 is 1.43 bits per heavy atom. The van der Waals surface area contributed by atoms with E-state index < -0.39 is 0 Å². The first-order chi connectivity index (χ1) is 10.7. The third-order valence-electron chi connectivity index (χ3n) is 3.60. The molecule has 4 nitrogen and oxygen atoms in total.